The van der Waals surface area contributed by atoms with Crippen molar-refractivity contribution in [3.05, 3.63) is 59.4 Å². The Hall–Kier alpha value is -3.53. The first kappa shape index (κ1) is 16.3. The third-order valence-electron chi connectivity index (χ3n) is 3.66. The van der Waals surface area contributed by atoms with Crippen LogP contribution >= 0.6 is 0 Å². The summed E-state index contributed by atoms with van der Waals surface area (Å²) in [6, 6.07) is 12.7. The second-order valence-electron chi connectivity index (χ2n) is 5.38. The van der Waals surface area contributed by atoms with E-state index in [0.29, 0.717) is 28.4 Å². The molecule has 0 N–H and O–H groups in total. The van der Waals surface area contributed by atoms with E-state index < -0.39 is 5.97 Å². The predicted octanol–water partition coefficient (Wildman–Crippen LogP) is 3.65. The molecular weight excluding hydrogens is 318 g/mol. The smallest absolute Gasteiger partial charge is 0.311 e. The molecule has 0 amide bonds. The van der Waals surface area contributed by atoms with E-state index in [2.05, 4.69) is 21.3 Å². The lowest BCUT2D eigenvalue weighted by molar-refractivity contribution is -0.139. The topological polar surface area (TPSA) is 92.1 Å². The molecule has 3 aromatic rings. The molecule has 0 aliphatic carbocycles. The summed E-state index contributed by atoms with van der Waals surface area (Å²) < 4.78 is 6.51. The van der Waals surface area contributed by atoms with Crippen molar-refractivity contribution in [2.24, 2.45) is 10.2 Å². The van der Waals surface area contributed by atoms with E-state index in [1.54, 1.807) is 28.7 Å². The van der Waals surface area contributed by atoms with E-state index in [1.165, 1.54) is 7.11 Å². The molecule has 124 valence electrons. The average molecular weight is 333 g/mol. The largest absolute Gasteiger partial charge is 0.469 e. The van der Waals surface area contributed by atoms with Gasteiger partial charge in [-0.15, -0.1) is 10.2 Å². The van der Waals surface area contributed by atoms with Crippen LogP contribution in [0.5, 0.6) is 0 Å². The molecule has 0 unspecified atom stereocenters. The lowest BCUT2D eigenvalue weighted by atomic mass is 10.2. The lowest BCUT2D eigenvalue weighted by Crippen LogP contribution is -2.04. The fourth-order valence-corrected chi connectivity index (χ4v) is 2.41. The summed E-state index contributed by atoms with van der Waals surface area (Å²) in [7, 11) is 1.33. The highest BCUT2D eigenvalue weighted by Crippen LogP contribution is 2.26. The minimum Gasteiger partial charge on any atom is -0.469 e. The van der Waals surface area contributed by atoms with Crippen LogP contribution in [-0.2, 0) is 16.0 Å². The van der Waals surface area contributed by atoms with Crippen LogP contribution in [0.15, 0.2) is 52.8 Å². The summed E-state index contributed by atoms with van der Waals surface area (Å²) in [4.78, 5) is 16.2. The molecule has 0 spiro atoms. The van der Waals surface area contributed by atoms with Gasteiger partial charge in [0.05, 0.1) is 36.5 Å². The highest BCUT2D eigenvalue weighted by Gasteiger charge is 2.16. The van der Waals surface area contributed by atoms with Crippen LogP contribution in [0.25, 0.3) is 5.65 Å². The summed E-state index contributed by atoms with van der Waals surface area (Å²) in [5.41, 5.74) is 3.20. The van der Waals surface area contributed by atoms with Crippen LogP contribution < -0.4 is 0 Å². The van der Waals surface area contributed by atoms with Gasteiger partial charge >= 0.3 is 5.97 Å². The van der Waals surface area contributed by atoms with Crippen molar-refractivity contribution in [1.82, 2.24) is 9.38 Å². The highest BCUT2D eigenvalue weighted by atomic mass is 16.5. The van der Waals surface area contributed by atoms with Crippen molar-refractivity contribution in [2.75, 3.05) is 7.11 Å². The molecule has 2 aromatic heterocycles. The summed E-state index contributed by atoms with van der Waals surface area (Å²) in [5.74, 6) is 0.0652. The Morgan fingerprint density at radius 2 is 2.16 bits per heavy atom. The fourth-order valence-electron chi connectivity index (χ4n) is 2.41. The minimum absolute atomic E-state index is 0.00418. The molecule has 0 saturated heterocycles. The van der Waals surface area contributed by atoms with Crippen molar-refractivity contribution >= 4 is 23.1 Å². The Morgan fingerprint density at radius 1 is 1.32 bits per heavy atom. The Bertz CT molecular complexity index is 1010. The van der Waals surface area contributed by atoms with Gasteiger partial charge in [-0.2, -0.15) is 5.26 Å². The second kappa shape index (κ2) is 6.93. The Balaban J connectivity index is 2.08. The van der Waals surface area contributed by atoms with Crippen molar-refractivity contribution < 1.29 is 9.53 Å². The Kier molecular flexibility index (Phi) is 4.53. The number of nitriles is 1. The monoisotopic (exact) mass is 333 g/mol. The van der Waals surface area contributed by atoms with Gasteiger partial charge in [0, 0.05) is 6.20 Å². The number of ether oxygens (including phenoxy) is 1. The van der Waals surface area contributed by atoms with Crippen LogP contribution in [0.3, 0.4) is 0 Å². The van der Waals surface area contributed by atoms with Crippen LogP contribution in [0.4, 0.5) is 11.5 Å². The molecule has 3 rings (SSSR count). The van der Waals surface area contributed by atoms with Crippen LogP contribution in [-0.4, -0.2) is 22.5 Å². The number of carbonyl (C=O) groups is 1. The van der Waals surface area contributed by atoms with E-state index in [0.717, 1.165) is 5.56 Å². The van der Waals surface area contributed by atoms with E-state index in [1.807, 2.05) is 25.3 Å². The molecule has 0 atom stereocenters. The van der Waals surface area contributed by atoms with Gasteiger partial charge in [-0.05, 0) is 36.8 Å². The highest BCUT2D eigenvalue weighted by molar-refractivity contribution is 5.74. The van der Waals surface area contributed by atoms with Crippen molar-refractivity contribution in [1.29, 1.82) is 5.26 Å². The number of pyridine rings is 1. The molecule has 0 aliphatic rings. The number of azo groups is 1. The number of benzene rings is 1. The van der Waals surface area contributed by atoms with Gasteiger partial charge in [0.2, 0.25) is 0 Å². The number of hydrogen-bond acceptors (Lipinski definition) is 6. The Labute approximate surface area is 144 Å². The van der Waals surface area contributed by atoms with Gasteiger partial charge in [0.15, 0.2) is 5.82 Å². The number of methoxy groups -OCH3 is 1. The predicted molar refractivity (Wildman–Crippen MR) is 91.0 cm³/mol. The average Bonchev–Trinajstić information content (AvgIpc) is 2.98. The van der Waals surface area contributed by atoms with E-state index in [9.17, 15) is 4.79 Å². The van der Waals surface area contributed by atoms with E-state index >= 15 is 0 Å². The van der Waals surface area contributed by atoms with Crippen molar-refractivity contribution in [3.63, 3.8) is 0 Å². The molecular formula is C18H15N5O2. The summed E-state index contributed by atoms with van der Waals surface area (Å²) in [6.45, 7) is 1.93. The van der Waals surface area contributed by atoms with E-state index in [-0.39, 0.29) is 6.42 Å². The number of hydrogen-bond donors (Lipinski definition) is 0. The molecule has 25 heavy (non-hydrogen) atoms. The standard InChI is InChI=1S/C18H15N5O2/c1-12-5-4-8-23-17(12)20-15(10-16(24)25-2)18(23)22-21-14-7-3-6-13(9-14)11-19/h3-9H,10H2,1-2H3. The van der Waals surface area contributed by atoms with Crippen LogP contribution in [0.1, 0.15) is 16.8 Å². The zero-order chi connectivity index (χ0) is 17.8. The minimum atomic E-state index is -0.399. The first-order chi connectivity index (χ1) is 12.1. The number of imidazole rings is 1. The molecule has 0 radical (unpaired) electrons. The normalized spacial score (nSPS) is 10.9. The lowest BCUT2D eigenvalue weighted by Gasteiger charge is -1.99. The molecule has 0 saturated carbocycles. The number of nitrogens with zero attached hydrogens (tertiary/aromatic N) is 5. The van der Waals surface area contributed by atoms with Gasteiger partial charge in [0.25, 0.3) is 0 Å². The van der Waals surface area contributed by atoms with Gasteiger partial charge in [-0.3, -0.25) is 9.20 Å². The van der Waals surface area contributed by atoms with Crippen LogP contribution in [0, 0.1) is 18.3 Å². The zero-order valence-corrected chi connectivity index (χ0v) is 13.8. The molecule has 1 aromatic carbocycles. The quantitative estimate of drug-likeness (QED) is 0.538. The number of esters is 1. The zero-order valence-electron chi connectivity index (χ0n) is 13.8. The number of rotatable bonds is 4. The molecule has 2 heterocycles. The Morgan fingerprint density at radius 3 is 2.92 bits per heavy atom. The number of fused-ring (bicyclic) bond motifs is 1. The third kappa shape index (κ3) is 3.38. The maximum absolute atomic E-state index is 11.7. The SMILES string of the molecule is COC(=O)Cc1nc2c(C)cccn2c1N=Nc1cccc(C#N)c1. The summed E-state index contributed by atoms with van der Waals surface area (Å²) in [5, 5.41) is 17.4. The van der Waals surface area contributed by atoms with Gasteiger partial charge in [-0.25, -0.2) is 4.98 Å². The molecule has 0 aliphatic heterocycles. The van der Waals surface area contributed by atoms with Crippen LogP contribution in [0.2, 0.25) is 0 Å². The molecule has 7 heteroatoms. The van der Waals surface area contributed by atoms with Gasteiger partial charge in [-0.1, -0.05) is 12.1 Å². The summed E-state index contributed by atoms with van der Waals surface area (Å²) in [6.07, 6.45) is 1.82. The second-order valence-corrected chi connectivity index (χ2v) is 5.38. The van der Waals surface area contributed by atoms with Crippen molar-refractivity contribution in [2.45, 2.75) is 13.3 Å². The number of aromatic nitrogens is 2. The third-order valence-corrected chi connectivity index (χ3v) is 3.66. The molecule has 0 fully saturated rings. The maximum Gasteiger partial charge on any atom is 0.311 e. The summed E-state index contributed by atoms with van der Waals surface area (Å²) >= 11 is 0. The number of aryl methyl sites for hydroxylation is 1. The maximum atomic E-state index is 11.7. The van der Waals surface area contributed by atoms with Crippen molar-refractivity contribution in [3.8, 4) is 6.07 Å². The van der Waals surface area contributed by atoms with E-state index in [4.69, 9.17) is 10.00 Å². The molecule has 0 bridgehead atoms. The van der Waals surface area contributed by atoms with Gasteiger partial charge in [0.1, 0.15) is 5.65 Å². The van der Waals surface area contributed by atoms with Gasteiger partial charge < -0.3 is 4.74 Å². The fraction of sp³-hybridized carbons (Fsp3) is 0.167. The first-order valence-corrected chi connectivity index (χ1v) is 7.57. The molecule has 7 nitrogen and oxygen atoms in total. The first-order valence-electron chi connectivity index (χ1n) is 7.57. The number of carbonyl (C=O) groups excluding carboxylic acids is 1.